The van der Waals surface area contributed by atoms with Gasteiger partial charge in [0.25, 0.3) is 0 Å². The molecule has 4 heterocycles. The van der Waals surface area contributed by atoms with Gasteiger partial charge in [0.2, 0.25) is 11.8 Å². The number of pyridine rings is 1. The molecule has 0 spiro atoms. The summed E-state index contributed by atoms with van der Waals surface area (Å²) in [6, 6.07) is 9.70. The van der Waals surface area contributed by atoms with Gasteiger partial charge in [-0.1, -0.05) is 0 Å². The lowest BCUT2D eigenvalue weighted by atomic mass is 9.99. The highest BCUT2D eigenvalue weighted by Gasteiger charge is 2.33. The molecule has 0 bridgehead atoms. The second kappa shape index (κ2) is 10.0. The largest absolute Gasteiger partial charge is 0.488 e. The summed E-state index contributed by atoms with van der Waals surface area (Å²) in [6.07, 6.45) is 4.01. The van der Waals surface area contributed by atoms with Gasteiger partial charge in [-0.05, 0) is 38.0 Å². The number of rotatable bonds is 5. The van der Waals surface area contributed by atoms with E-state index in [4.69, 9.17) is 18.9 Å². The molecule has 3 aliphatic rings. The van der Waals surface area contributed by atoms with Crippen LogP contribution in [0.5, 0.6) is 17.4 Å². The molecule has 0 aliphatic carbocycles. The van der Waals surface area contributed by atoms with E-state index in [0.29, 0.717) is 44.3 Å². The van der Waals surface area contributed by atoms with Crippen molar-refractivity contribution < 1.29 is 23.7 Å². The summed E-state index contributed by atoms with van der Waals surface area (Å²) >= 11 is 0. The first-order valence-electron chi connectivity index (χ1n) is 12.1. The van der Waals surface area contributed by atoms with E-state index < -0.39 is 0 Å². The predicted octanol–water partition coefficient (Wildman–Crippen LogP) is 3.29. The molecular formula is C26H30N4O5. The molecule has 184 valence electrons. The van der Waals surface area contributed by atoms with E-state index in [1.54, 1.807) is 12.3 Å². The molecule has 9 nitrogen and oxygen atoms in total. The standard InChI is InChI=1S/C26H30N4O5/c1-17-15-30(20-11-19(13-27)25(32-2)28-14-20)23-12-21(3-4-24(23)34-17)35-22-5-8-29(16-22)26(31)18-6-9-33-10-7-18/h3-4,11-12,14,17-18,22H,5-10,15-16H2,1-2H3/t17-,22-/m0/s1. The van der Waals surface area contributed by atoms with Gasteiger partial charge in [0.05, 0.1) is 37.8 Å². The van der Waals surface area contributed by atoms with Crippen molar-refractivity contribution in [3.05, 3.63) is 36.0 Å². The molecule has 5 rings (SSSR count). The highest BCUT2D eigenvalue weighted by molar-refractivity contribution is 5.79. The van der Waals surface area contributed by atoms with E-state index in [2.05, 4.69) is 16.0 Å². The van der Waals surface area contributed by atoms with Crippen LogP contribution in [0.25, 0.3) is 0 Å². The number of hydrogen-bond donors (Lipinski definition) is 0. The van der Waals surface area contributed by atoms with E-state index in [0.717, 1.165) is 42.1 Å². The fourth-order valence-corrected chi connectivity index (χ4v) is 4.99. The third-order valence-corrected chi connectivity index (χ3v) is 6.78. The zero-order chi connectivity index (χ0) is 24.4. The number of anilines is 2. The average Bonchev–Trinajstić information content (AvgIpc) is 3.36. The van der Waals surface area contributed by atoms with Gasteiger partial charge in [0, 0.05) is 38.2 Å². The van der Waals surface area contributed by atoms with Crippen molar-refractivity contribution in [3.63, 3.8) is 0 Å². The SMILES string of the molecule is COc1ncc(N2C[C@H](C)Oc3ccc(O[C@H]4CCN(C(=O)C5CCOCC5)C4)cc32)cc1C#N. The lowest BCUT2D eigenvalue weighted by Gasteiger charge is -2.35. The van der Waals surface area contributed by atoms with Crippen LogP contribution in [0.4, 0.5) is 11.4 Å². The molecular weight excluding hydrogens is 448 g/mol. The van der Waals surface area contributed by atoms with Crippen LogP contribution < -0.4 is 19.1 Å². The molecule has 0 unspecified atom stereocenters. The van der Waals surface area contributed by atoms with Crippen LogP contribution in [0.1, 0.15) is 31.7 Å². The van der Waals surface area contributed by atoms with E-state index in [9.17, 15) is 10.1 Å². The van der Waals surface area contributed by atoms with Crippen LogP contribution in [0.2, 0.25) is 0 Å². The number of amides is 1. The molecule has 0 saturated carbocycles. The molecule has 3 aliphatic heterocycles. The van der Waals surface area contributed by atoms with Crippen LogP contribution in [0, 0.1) is 17.2 Å². The second-order valence-corrected chi connectivity index (χ2v) is 9.23. The van der Waals surface area contributed by atoms with Gasteiger partial charge >= 0.3 is 0 Å². The molecule has 0 N–H and O–H groups in total. The van der Waals surface area contributed by atoms with Crippen molar-refractivity contribution in [1.29, 1.82) is 5.26 Å². The van der Waals surface area contributed by atoms with Crippen molar-refractivity contribution in [2.24, 2.45) is 5.92 Å². The monoisotopic (exact) mass is 478 g/mol. The quantitative estimate of drug-likeness (QED) is 0.646. The Labute approximate surface area is 205 Å². The maximum atomic E-state index is 12.9. The van der Waals surface area contributed by atoms with Crippen molar-refractivity contribution in [3.8, 4) is 23.4 Å². The first-order chi connectivity index (χ1) is 17.1. The summed E-state index contributed by atoms with van der Waals surface area (Å²) in [5, 5.41) is 9.50. The van der Waals surface area contributed by atoms with E-state index in [1.807, 2.05) is 30.0 Å². The lowest BCUT2D eigenvalue weighted by Crippen LogP contribution is -2.38. The fraction of sp³-hybridized carbons (Fsp3) is 0.500. The number of fused-ring (bicyclic) bond motifs is 1. The number of carbonyl (C=O) groups excluding carboxylic acids is 1. The average molecular weight is 479 g/mol. The Balaban J connectivity index is 1.32. The van der Waals surface area contributed by atoms with Crippen LogP contribution in [-0.4, -0.2) is 68.0 Å². The summed E-state index contributed by atoms with van der Waals surface area (Å²) < 4.78 is 23.0. The first kappa shape index (κ1) is 23.2. The zero-order valence-corrected chi connectivity index (χ0v) is 20.1. The van der Waals surface area contributed by atoms with Gasteiger partial charge in [-0.2, -0.15) is 5.26 Å². The number of aromatic nitrogens is 1. The van der Waals surface area contributed by atoms with Crippen molar-refractivity contribution in [2.45, 2.75) is 38.4 Å². The lowest BCUT2D eigenvalue weighted by molar-refractivity contribution is -0.137. The zero-order valence-electron chi connectivity index (χ0n) is 20.1. The molecule has 2 aromatic rings. The Kier molecular flexibility index (Phi) is 6.64. The molecule has 1 aromatic carbocycles. The van der Waals surface area contributed by atoms with E-state index in [1.165, 1.54) is 7.11 Å². The number of carbonyl (C=O) groups is 1. The molecule has 2 atom stereocenters. The minimum Gasteiger partial charge on any atom is -0.488 e. The van der Waals surface area contributed by atoms with E-state index >= 15 is 0 Å². The number of benzene rings is 1. The summed E-state index contributed by atoms with van der Waals surface area (Å²) in [6.45, 7) is 5.24. The van der Waals surface area contributed by atoms with Gasteiger partial charge in [0.15, 0.2) is 0 Å². The van der Waals surface area contributed by atoms with Gasteiger partial charge in [-0.3, -0.25) is 4.79 Å². The number of likely N-dealkylation sites (tertiary alicyclic amines) is 1. The van der Waals surface area contributed by atoms with Crippen LogP contribution in [0.15, 0.2) is 30.5 Å². The molecule has 35 heavy (non-hydrogen) atoms. The highest BCUT2D eigenvalue weighted by atomic mass is 16.5. The maximum Gasteiger partial charge on any atom is 0.231 e. The molecule has 1 aromatic heterocycles. The van der Waals surface area contributed by atoms with Crippen molar-refractivity contribution >= 4 is 17.3 Å². The summed E-state index contributed by atoms with van der Waals surface area (Å²) in [7, 11) is 1.50. The highest BCUT2D eigenvalue weighted by Crippen LogP contribution is 2.41. The third kappa shape index (κ3) is 4.84. The second-order valence-electron chi connectivity index (χ2n) is 9.23. The van der Waals surface area contributed by atoms with Crippen LogP contribution in [-0.2, 0) is 9.53 Å². The number of ether oxygens (including phenoxy) is 4. The summed E-state index contributed by atoms with van der Waals surface area (Å²) in [5.74, 6) is 2.05. The third-order valence-electron chi connectivity index (χ3n) is 6.78. The van der Waals surface area contributed by atoms with Gasteiger partial charge in [-0.25, -0.2) is 4.98 Å². The van der Waals surface area contributed by atoms with E-state index in [-0.39, 0.29) is 24.0 Å². The Morgan fingerprint density at radius 2 is 2.03 bits per heavy atom. The molecule has 1 amide bonds. The fourth-order valence-electron chi connectivity index (χ4n) is 4.99. The summed E-state index contributed by atoms with van der Waals surface area (Å²) in [4.78, 5) is 21.2. The number of nitriles is 1. The molecule has 2 fully saturated rings. The predicted molar refractivity (Wildman–Crippen MR) is 128 cm³/mol. The molecule has 2 saturated heterocycles. The Hall–Kier alpha value is -3.51. The van der Waals surface area contributed by atoms with Gasteiger partial charge in [0.1, 0.15) is 35.3 Å². The number of hydrogen-bond acceptors (Lipinski definition) is 8. The normalized spacial score (nSPS) is 22.2. The molecule has 0 radical (unpaired) electrons. The Morgan fingerprint density at radius 3 is 2.80 bits per heavy atom. The van der Waals surface area contributed by atoms with Gasteiger partial charge < -0.3 is 28.7 Å². The molecule has 9 heteroatoms. The maximum absolute atomic E-state index is 12.9. The topological polar surface area (TPSA) is 97.2 Å². The smallest absolute Gasteiger partial charge is 0.231 e. The van der Waals surface area contributed by atoms with Crippen molar-refractivity contribution in [2.75, 3.05) is 44.9 Å². The minimum absolute atomic E-state index is 0.0403. The minimum atomic E-state index is -0.0541. The number of methoxy groups -OCH3 is 1. The first-order valence-corrected chi connectivity index (χ1v) is 12.1. The van der Waals surface area contributed by atoms with Crippen LogP contribution in [0.3, 0.4) is 0 Å². The van der Waals surface area contributed by atoms with Gasteiger partial charge in [-0.15, -0.1) is 0 Å². The van der Waals surface area contributed by atoms with Crippen LogP contribution >= 0.6 is 0 Å². The Morgan fingerprint density at radius 1 is 1.20 bits per heavy atom. The number of nitrogens with zero attached hydrogens (tertiary/aromatic N) is 4. The Bertz CT molecular complexity index is 1130. The van der Waals surface area contributed by atoms with Crippen molar-refractivity contribution in [1.82, 2.24) is 9.88 Å². The summed E-state index contributed by atoms with van der Waals surface area (Å²) in [5.41, 5.74) is 2.01.